The van der Waals surface area contributed by atoms with Crippen LogP contribution in [0, 0.1) is 23.7 Å². The molecule has 0 radical (unpaired) electrons. The number of carbonyl (C=O) groups excluding carboxylic acids is 1. The van der Waals surface area contributed by atoms with Gasteiger partial charge in [-0.1, -0.05) is 11.8 Å². The van der Waals surface area contributed by atoms with Crippen molar-refractivity contribution in [2.24, 2.45) is 18.9 Å². The maximum Gasteiger partial charge on any atom is 0.229 e. The first-order valence-electron chi connectivity index (χ1n) is 8.80. The van der Waals surface area contributed by atoms with E-state index >= 15 is 0 Å². The summed E-state index contributed by atoms with van der Waals surface area (Å²) in [6, 6.07) is 1.71. The van der Waals surface area contributed by atoms with Crippen molar-refractivity contribution in [1.29, 1.82) is 0 Å². The van der Waals surface area contributed by atoms with Crippen LogP contribution in [0.3, 0.4) is 0 Å². The summed E-state index contributed by atoms with van der Waals surface area (Å²) in [5, 5.41) is 18.8. The average Bonchev–Trinajstić information content (AvgIpc) is 3.39. The van der Waals surface area contributed by atoms with Gasteiger partial charge in [0.1, 0.15) is 5.52 Å². The van der Waals surface area contributed by atoms with Crippen molar-refractivity contribution in [3.63, 3.8) is 0 Å². The number of amides is 1. The van der Waals surface area contributed by atoms with Crippen molar-refractivity contribution < 1.29 is 9.18 Å². The Morgan fingerprint density at radius 2 is 2.21 bits per heavy atom. The molecular weight excluding hydrogens is 361 g/mol. The first kappa shape index (κ1) is 17.9. The molecule has 8 nitrogen and oxygen atoms in total. The SMILES string of the molecule is CNc1ncc(C#Cc2cnn(C)c2)c2cc(NC(=O)[C@H]3C[C@H]3CF)nnc12. The third kappa shape index (κ3) is 3.49. The Morgan fingerprint density at radius 1 is 1.36 bits per heavy atom. The normalized spacial score (nSPS) is 17.7. The monoisotopic (exact) mass is 379 g/mol. The van der Waals surface area contributed by atoms with E-state index in [1.54, 1.807) is 30.2 Å². The second-order valence-corrected chi connectivity index (χ2v) is 6.66. The van der Waals surface area contributed by atoms with E-state index < -0.39 is 6.67 Å². The first-order chi connectivity index (χ1) is 13.6. The van der Waals surface area contributed by atoms with Gasteiger partial charge in [0.2, 0.25) is 5.91 Å². The molecule has 3 heterocycles. The Kier molecular flexibility index (Phi) is 4.61. The number of aryl methyl sites for hydroxylation is 1. The number of nitrogens with one attached hydrogen (secondary N) is 2. The topological polar surface area (TPSA) is 97.6 Å². The van der Waals surface area contributed by atoms with Crippen molar-refractivity contribution in [2.45, 2.75) is 6.42 Å². The van der Waals surface area contributed by atoms with E-state index in [-0.39, 0.29) is 17.7 Å². The predicted molar refractivity (Wildman–Crippen MR) is 102 cm³/mol. The Balaban J connectivity index is 1.69. The number of alkyl halides is 1. The summed E-state index contributed by atoms with van der Waals surface area (Å²) in [7, 11) is 3.56. The van der Waals surface area contributed by atoms with Crippen molar-refractivity contribution in [3.8, 4) is 11.8 Å². The van der Waals surface area contributed by atoms with Crippen LogP contribution < -0.4 is 10.6 Å². The number of halogens is 1. The minimum absolute atomic E-state index is 0.186. The highest BCUT2D eigenvalue weighted by molar-refractivity contribution is 5.97. The molecule has 28 heavy (non-hydrogen) atoms. The molecule has 1 amide bonds. The second kappa shape index (κ2) is 7.23. The zero-order valence-electron chi connectivity index (χ0n) is 15.4. The van der Waals surface area contributed by atoms with E-state index in [1.165, 1.54) is 0 Å². The molecule has 0 aromatic carbocycles. The van der Waals surface area contributed by atoms with Crippen LogP contribution >= 0.6 is 0 Å². The molecule has 2 N–H and O–H groups in total. The van der Waals surface area contributed by atoms with E-state index in [1.807, 2.05) is 13.2 Å². The maximum atomic E-state index is 12.7. The maximum absolute atomic E-state index is 12.7. The minimum atomic E-state index is -0.479. The molecule has 1 saturated carbocycles. The summed E-state index contributed by atoms with van der Waals surface area (Å²) in [5.74, 6) is 6.27. The van der Waals surface area contributed by atoms with Crippen molar-refractivity contribution in [2.75, 3.05) is 24.4 Å². The van der Waals surface area contributed by atoms with Gasteiger partial charge in [-0.25, -0.2) is 4.98 Å². The van der Waals surface area contributed by atoms with Crippen molar-refractivity contribution in [3.05, 3.63) is 35.8 Å². The molecule has 9 heteroatoms. The first-order valence-corrected chi connectivity index (χ1v) is 8.80. The molecule has 142 valence electrons. The highest BCUT2D eigenvalue weighted by Crippen LogP contribution is 2.39. The summed E-state index contributed by atoms with van der Waals surface area (Å²) in [6.07, 6.45) is 5.70. The number of hydrogen-bond donors (Lipinski definition) is 2. The quantitative estimate of drug-likeness (QED) is 0.670. The number of aromatic nitrogens is 5. The van der Waals surface area contributed by atoms with E-state index in [0.29, 0.717) is 34.5 Å². The van der Waals surface area contributed by atoms with Gasteiger partial charge in [0.25, 0.3) is 0 Å². The summed E-state index contributed by atoms with van der Waals surface area (Å²) < 4.78 is 14.3. The molecular formula is C19H18FN7O. The summed E-state index contributed by atoms with van der Waals surface area (Å²) >= 11 is 0. The molecule has 0 saturated heterocycles. The van der Waals surface area contributed by atoms with Crippen LogP contribution in [-0.4, -0.2) is 44.6 Å². The van der Waals surface area contributed by atoms with Crippen LogP contribution in [0.2, 0.25) is 0 Å². The van der Waals surface area contributed by atoms with Gasteiger partial charge in [0, 0.05) is 37.8 Å². The molecule has 1 fully saturated rings. The lowest BCUT2D eigenvalue weighted by Gasteiger charge is -2.08. The Hall–Kier alpha value is -3.54. The van der Waals surface area contributed by atoms with Gasteiger partial charge in [-0.3, -0.25) is 13.9 Å². The number of pyridine rings is 1. The Labute approximate surface area is 160 Å². The van der Waals surface area contributed by atoms with Crippen molar-refractivity contribution in [1.82, 2.24) is 25.0 Å². The second-order valence-electron chi connectivity index (χ2n) is 6.66. The van der Waals surface area contributed by atoms with E-state index in [2.05, 4.69) is 42.8 Å². The van der Waals surface area contributed by atoms with E-state index in [9.17, 15) is 9.18 Å². The van der Waals surface area contributed by atoms with Gasteiger partial charge in [-0.05, 0) is 18.4 Å². The highest BCUT2D eigenvalue weighted by Gasteiger charge is 2.43. The molecule has 3 aromatic heterocycles. The number of rotatable bonds is 4. The van der Waals surface area contributed by atoms with Crippen LogP contribution in [0.25, 0.3) is 10.9 Å². The molecule has 1 aliphatic rings. The lowest BCUT2D eigenvalue weighted by Crippen LogP contribution is -2.16. The summed E-state index contributed by atoms with van der Waals surface area (Å²) in [6.45, 7) is -0.479. The molecule has 3 aromatic rings. The molecule has 2 atom stereocenters. The molecule has 0 unspecified atom stereocenters. The summed E-state index contributed by atoms with van der Waals surface area (Å²) in [4.78, 5) is 16.5. The van der Waals surface area contributed by atoms with Gasteiger partial charge < -0.3 is 10.6 Å². The zero-order valence-corrected chi connectivity index (χ0v) is 15.4. The van der Waals surface area contributed by atoms with Gasteiger partial charge >= 0.3 is 0 Å². The van der Waals surface area contributed by atoms with Crippen LogP contribution in [-0.2, 0) is 11.8 Å². The van der Waals surface area contributed by atoms with E-state index in [0.717, 1.165) is 5.56 Å². The fourth-order valence-electron chi connectivity index (χ4n) is 2.96. The van der Waals surface area contributed by atoms with Gasteiger partial charge in [-0.15, -0.1) is 10.2 Å². The van der Waals surface area contributed by atoms with Crippen LogP contribution in [0.1, 0.15) is 17.5 Å². The van der Waals surface area contributed by atoms with Gasteiger partial charge in [-0.2, -0.15) is 5.10 Å². The smallest absolute Gasteiger partial charge is 0.229 e. The van der Waals surface area contributed by atoms with Crippen LogP contribution in [0.5, 0.6) is 0 Å². The number of nitrogens with zero attached hydrogens (tertiary/aromatic N) is 5. The standard InChI is InChI=1S/C19H18FN7O/c1-21-18-17-14(12(9-22-18)4-3-11-8-23-27(2)10-11)6-16(25-26-17)24-19(28)15-5-13(15)7-20/h6,8-10,13,15H,5,7H2,1-2H3,(H,21,22)(H,24,25,28)/t13-,15-/m0/s1. The summed E-state index contributed by atoms with van der Waals surface area (Å²) in [5.41, 5.74) is 1.97. The fourth-order valence-corrected chi connectivity index (χ4v) is 2.96. The molecule has 0 bridgehead atoms. The van der Waals surface area contributed by atoms with Crippen molar-refractivity contribution >= 4 is 28.4 Å². The van der Waals surface area contributed by atoms with Gasteiger partial charge in [0.15, 0.2) is 11.6 Å². The fraction of sp³-hybridized carbons (Fsp3) is 0.316. The lowest BCUT2D eigenvalue weighted by atomic mass is 10.1. The number of hydrogen-bond acceptors (Lipinski definition) is 6. The molecule has 4 rings (SSSR count). The average molecular weight is 379 g/mol. The van der Waals surface area contributed by atoms with Crippen LogP contribution in [0.15, 0.2) is 24.7 Å². The highest BCUT2D eigenvalue weighted by atomic mass is 19.1. The third-order valence-corrected chi connectivity index (χ3v) is 4.62. The molecule has 0 spiro atoms. The largest absolute Gasteiger partial charge is 0.371 e. The predicted octanol–water partition coefficient (Wildman–Crippen LogP) is 1.74. The number of anilines is 2. The van der Waals surface area contributed by atoms with Crippen LogP contribution in [0.4, 0.5) is 16.0 Å². The zero-order chi connectivity index (χ0) is 19.7. The third-order valence-electron chi connectivity index (χ3n) is 4.62. The number of fused-ring (bicyclic) bond motifs is 1. The lowest BCUT2D eigenvalue weighted by molar-refractivity contribution is -0.117. The Morgan fingerprint density at radius 3 is 2.89 bits per heavy atom. The number of carbonyl (C=O) groups is 1. The molecule has 1 aliphatic carbocycles. The van der Waals surface area contributed by atoms with E-state index in [4.69, 9.17) is 0 Å². The Bertz CT molecular complexity index is 1110. The minimum Gasteiger partial charge on any atom is -0.371 e. The van der Waals surface area contributed by atoms with Gasteiger partial charge in [0.05, 0.1) is 24.0 Å². The molecule has 0 aliphatic heterocycles.